The van der Waals surface area contributed by atoms with Gasteiger partial charge in [0.1, 0.15) is 6.17 Å². The Hall–Kier alpha value is -0.870. The van der Waals surface area contributed by atoms with Crippen molar-refractivity contribution < 1.29 is 4.79 Å². The minimum absolute atomic E-state index is 0.0261. The summed E-state index contributed by atoms with van der Waals surface area (Å²) < 4.78 is 0. The van der Waals surface area contributed by atoms with Gasteiger partial charge in [-0.2, -0.15) is 11.3 Å². The second kappa shape index (κ2) is 5.40. The van der Waals surface area contributed by atoms with Crippen LogP contribution in [0.25, 0.3) is 0 Å². The number of carbonyl (C=O) groups is 1. The van der Waals surface area contributed by atoms with Crippen LogP contribution in [0.1, 0.15) is 52.3 Å². The van der Waals surface area contributed by atoms with E-state index >= 15 is 0 Å². The van der Waals surface area contributed by atoms with Gasteiger partial charge < -0.3 is 4.90 Å². The molecule has 3 nitrogen and oxygen atoms in total. The van der Waals surface area contributed by atoms with Gasteiger partial charge >= 0.3 is 0 Å². The summed E-state index contributed by atoms with van der Waals surface area (Å²) in [7, 11) is 0. The van der Waals surface area contributed by atoms with E-state index in [1.807, 2.05) is 0 Å². The number of rotatable bonds is 5. The summed E-state index contributed by atoms with van der Waals surface area (Å²) in [6.45, 7) is 9.83. The second-order valence-electron chi connectivity index (χ2n) is 7.37. The molecule has 4 atom stereocenters. The topological polar surface area (TPSA) is 32.3 Å². The largest absolute Gasteiger partial charge is 0.321 e. The van der Waals surface area contributed by atoms with E-state index in [9.17, 15) is 4.79 Å². The zero-order valence-corrected chi connectivity index (χ0v) is 14.2. The molecular weight excluding hydrogens is 280 g/mol. The molecule has 116 valence electrons. The molecule has 2 fully saturated rings. The Balaban J connectivity index is 1.80. The number of carbonyl (C=O) groups excluding carboxylic acids is 1. The number of hydrogen-bond acceptors (Lipinski definition) is 3. The maximum Gasteiger partial charge on any atom is 0.241 e. The molecule has 21 heavy (non-hydrogen) atoms. The molecular formula is C17H26N2OS. The Kier molecular flexibility index (Phi) is 3.87. The van der Waals surface area contributed by atoms with Crippen LogP contribution in [-0.4, -0.2) is 23.4 Å². The highest BCUT2D eigenvalue weighted by atomic mass is 32.1. The number of nitrogens with zero attached hydrogens (tertiary/aromatic N) is 1. The van der Waals surface area contributed by atoms with Crippen LogP contribution in [0.15, 0.2) is 16.8 Å². The van der Waals surface area contributed by atoms with Gasteiger partial charge in [0, 0.05) is 6.54 Å². The molecule has 1 saturated carbocycles. The summed E-state index contributed by atoms with van der Waals surface area (Å²) >= 11 is 1.70. The van der Waals surface area contributed by atoms with E-state index in [-0.39, 0.29) is 12.2 Å². The fraction of sp³-hybridized carbons (Fsp3) is 0.706. The fourth-order valence-corrected chi connectivity index (χ4v) is 3.99. The molecule has 0 spiro atoms. The monoisotopic (exact) mass is 306 g/mol. The van der Waals surface area contributed by atoms with Crippen LogP contribution in [0.2, 0.25) is 0 Å². The molecule has 1 saturated heterocycles. The molecule has 4 unspecified atom stereocenters. The van der Waals surface area contributed by atoms with E-state index in [0.717, 1.165) is 13.0 Å². The molecule has 0 bridgehead atoms. The van der Waals surface area contributed by atoms with Crippen molar-refractivity contribution in [3.63, 3.8) is 0 Å². The Morgan fingerprint density at radius 1 is 1.52 bits per heavy atom. The van der Waals surface area contributed by atoms with Crippen molar-refractivity contribution in [2.24, 2.45) is 17.3 Å². The molecule has 2 heterocycles. The molecule has 1 aromatic heterocycles. The van der Waals surface area contributed by atoms with Gasteiger partial charge in [0.25, 0.3) is 0 Å². The van der Waals surface area contributed by atoms with Crippen molar-refractivity contribution in [2.75, 3.05) is 6.54 Å². The molecule has 4 heteroatoms. The summed E-state index contributed by atoms with van der Waals surface area (Å²) in [6.07, 6.45) is 2.34. The third kappa shape index (κ3) is 2.76. The zero-order valence-electron chi connectivity index (χ0n) is 13.4. The number of hydrogen-bond donors (Lipinski definition) is 1. The summed E-state index contributed by atoms with van der Waals surface area (Å²) in [5.74, 6) is 1.33. The first kappa shape index (κ1) is 15.0. The lowest BCUT2D eigenvalue weighted by Crippen LogP contribution is -2.36. The van der Waals surface area contributed by atoms with Crippen LogP contribution in [0.3, 0.4) is 0 Å². The van der Waals surface area contributed by atoms with Crippen molar-refractivity contribution in [1.29, 1.82) is 0 Å². The Bertz CT molecular complexity index is 511. The van der Waals surface area contributed by atoms with Crippen molar-refractivity contribution in [3.05, 3.63) is 22.4 Å². The van der Waals surface area contributed by atoms with E-state index in [1.54, 1.807) is 11.3 Å². The van der Waals surface area contributed by atoms with Crippen LogP contribution in [0.4, 0.5) is 0 Å². The van der Waals surface area contributed by atoms with Crippen molar-refractivity contribution in [2.45, 2.75) is 52.7 Å². The Morgan fingerprint density at radius 2 is 2.24 bits per heavy atom. The lowest BCUT2D eigenvalue weighted by molar-refractivity contribution is -0.131. The molecule has 1 aliphatic heterocycles. The zero-order chi connectivity index (χ0) is 15.2. The Labute approximate surface area is 131 Å². The lowest BCUT2D eigenvalue weighted by atomic mass is 9.99. The van der Waals surface area contributed by atoms with E-state index in [1.165, 1.54) is 12.0 Å². The van der Waals surface area contributed by atoms with Crippen LogP contribution in [0, 0.1) is 17.3 Å². The SMILES string of the molecule is CCC(C)C1NC(c2ccsc2)N(CC2CC2(C)C)C1=O. The van der Waals surface area contributed by atoms with E-state index in [0.29, 0.717) is 23.2 Å². The van der Waals surface area contributed by atoms with Crippen LogP contribution >= 0.6 is 11.3 Å². The molecule has 1 amide bonds. The summed E-state index contributed by atoms with van der Waals surface area (Å²) in [6, 6.07) is 2.11. The highest BCUT2D eigenvalue weighted by molar-refractivity contribution is 7.07. The number of amides is 1. The van der Waals surface area contributed by atoms with E-state index in [4.69, 9.17) is 0 Å². The highest BCUT2D eigenvalue weighted by Crippen LogP contribution is 2.52. The minimum atomic E-state index is -0.0261. The van der Waals surface area contributed by atoms with Crippen molar-refractivity contribution >= 4 is 17.2 Å². The van der Waals surface area contributed by atoms with Gasteiger partial charge in [0.2, 0.25) is 5.91 Å². The third-order valence-electron chi connectivity index (χ3n) is 5.40. The predicted molar refractivity (Wildman–Crippen MR) is 87.0 cm³/mol. The van der Waals surface area contributed by atoms with Crippen molar-refractivity contribution in [1.82, 2.24) is 10.2 Å². The van der Waals surface area contributed by atoms with E-state index < -0.39 is 0 Å². The first-order chi connectivity index (χ1) is 9.94. The maximum atomic E-state index is 12.9. The van der Waals surface area contributed by atoms with Gasteiger partial charge in [0.15, 0.2) is 0 Å². The van der Waals surface area contributed by atoms with Gasteiger partial charge in [0.05, 0.1) is 6.04 Å². The molecule has 1 aliphatic carbocycles. The Morgan fingerprint density at radius 3 is 2.76 bits per heavy atom. The maximum absolute atomic E-state index is 12.9. The molecule has 0 aromatic carbocycles. The highest BCUT2D eigenvalue weighted by Gasteiger charge is 2.50. The first-order valence-electron chi connectivity index (χ1n) is 8.02. The lowest BCUT2D eigenvalue weighted by Gasteiger charge is -2.24. The summed E-state index contributed by atoms with van der Waals surface area (Å²) in [5.41, 5.74) is 1.64. The smallest absolute Gasteiger partial charge is 0.241 e. The minimum Gasteiger partial charge on any atom is -0.321 e. The van der Waals surface area contributed by atoms with Gasteiger partial charge in [-0.25, -0.2) is 0 Å². The van der Waals surface area contributed by atoms with Crippen molar-refractivity contribution in [3.8, 4) is 0 Å². The molecule has 1 aromatic rings. The number of nitrogens with one attached hydrogen (secondary N) is 1. The predicted octanol–water partition coefficient (Wildman–Crippen LogP) is 3.64. The van der Waals surface area contributed by atoms with Crippen LogP contribution in [0.5, 0.6) is 0 Å². The summed E-state index contributed by atoms with van der Waals surface area (Å²) in [4.78, 5) is 14.9. The molecule has 3 rings (SSSR count). The fourth-order valence-electron chi connectivity index (χ4n) is 3.31. The normalized spacial score (nSPS) is 32.5. The standard InChI is InChI=1S/C17H26N2OS/c1-5-11(2)14-16(20)19(9-13-8-17(13,3)4)15(18-14)12-6-7-21-10-12/h6-7,10-11,13-15,18H,5,8-9H2,1-4H3. The quantitative estimate of drug-likeness (QED) is 0.901. The van der Waals surface area contributed by atoms with E-state index in [2.05, 4.69) is 54.7 Å². The van der Waals surface area contributed by atoms with Gasteiger partial charge in [-0.3, -0.25) is 10.1 Å². The summed E-state index contributed by atoms with van der Waals surface area (Å²) in [5, 5.41) is 7.84. The first-order valence-corrected chi connectivity index (χ1v) is 8.97. The van der Waals surface area contributed by atoms with Gasteiger partial charge in [-0.1, -0.05) is 34.1 Å². The van der Waals surface area contributed by atoms with Crippen LogP contribution < -0.4 is 5.32 Å². The van der Waals surface area contributed by atoms with Gasteiger partial charge in [-0.05, 0) is 46.1 Å². The second-order valence-corrected chi connectivity index (χ2v) is 8.15. The van der Waals surface area contributed by atoms with Crippen LogP contribution in [-0.2, 0) is 4.79 Å². The third-order valence-corrected chi connectivity index (χ3v) is 6.11. The molecule has 0 radical (unpaired) electrons. The number of thiophene rings is 1. The molecule has 2 aliphatic rings. The molecule has 1 N–H and O–H groups in total. The average molecular weight is 306 g/mol. The average Bonchev–Trinajstić information content (AvgIpc) is 2.87. The van der Waals surface area contributed by atoms with Gasteiger partial charge in [-0.15, -0.1) is 0 Å².